The lowest BCUT2D eigenvalue weighted by Gasteiger charge is -2.07. The van der Waals surface area contributed by atoms with Gasteiger partial charge in [-0.1, -0.05) is 0 Å². The van der Waals surface area contributed by atoms with Crippen LogP contribution in [-0.2, 0) is 0 Å². The Hall–Kier alpha value is -1.33. The molecule has 18 heavy (non-hydrogen) atoms. The molecule has 3 nitrogen and oxygen atoms in total. The van der Waals surface area contributed by atoms with Crippen molar-refractivity contribution in [1.82, 2.24) is 4.98 Å². The van der Waals surface area contributed by atoms with E-state index < -0.39 is 0 Å². The molecular weight excluding hydrogens is 312 g/mol. The molecule has 0 spiro atoms. The van der Waals surface area contributed by atoms with Gasteiger partial charge in [0.15, 0.2) is 0 Å². The van der Waals surface area contributed by atoms with Gasteiger partial charge in [-0.3, -0.25) is 9.78 Å². The lowest BCUT2D eigenvalue weighted by molar-refractivity contribution is 0.102. The first-order valence-corrected chi connectivity index (χ1v) is 7.27. The Morgan fingerprint density at radius 1 is 1.28 bits per heavy atom. The van der Waals surface area contributed by atoms with Gasteiger partial charge in [0.05, 0.1) is 10.2 Å². The van der Waals surface area contributed by atoms with Crippen LogP contribution >= 0.6 is 27.7 Å². The minimum absolute atomic E-state index is 0.130. The Morgan fingerprint density at radius 2 is 2.00 bits per heavy atom. The topological polar surface area (TPSA) is 42.0 Å². The summed E-state index contributed by atoms with van der Waals surface area (Å²) in [6.07, 6.45) is 5.28. The van der Waals surface area contributed by atoms with Crippen molar-refractivity contribution in [2.45, 2.75) is 4.90 Å². The maximum absolute atomic E-state index is 12.0. The average Bonchev–Trinajstić information content (AvgIpc) is 2.41. The van der Waals surface area contributed by atoms with E-state index in [1.54, 1.807) is 30.2 Å². The van der Waals surface area contributed by atoms with Gasteiger partial charge >= 0.3 is 0 Å². The summed E-state index contributed by atoms with van der Waals surface area (Å²) < 4.78 is 0.763. The number of thioether (sulfide) groups is 1. The quantitative estimate of drug-likeness (QED) is 0.873. The molecular formula is C13H11BrN2OS. The number of rotatable bonds is 3. The van der Waals surface area contributed by atoms with Crippen LogP contribution in [0.2, 0.25) is 0 Å². The fourth-order valence-corrected chi connectivity index (χ4v) is 2.17. The summed E-state index contributed by atoms with van der Waals surface area (Å²) in [6.45, 7) is 0. The van der Waals surface area contributed by atoms with Gasteiger partial charge in [0.25, 0.3) is 5.91 Å². The van der Waals surface area contributed by atoms with Gasteiger partial charge in [0.1, 0.15) is 0 Å². The maximum Gasteiger partial charge on any atom is 0.255 e. The number of halogens is 1. The van der Waals surface area contributed by atoms with Crippen LogP contribution in [0.4, 0.5) is 5.69 Å². The molecule has 1 aromatic carbocycles. The average molecular weight is 323 g/mol. The van der Waals surface area contributed by atoms with Gasteiger partial charge in [0.2, 0.25) is 0 Å². The van der Waals surface area contributed by atoms with Crippen LogP contribution < -0.4 is 5.32 Å². The molecule has 2 aromatic rings. The Morgan fingerprint density at radius 3 is 2.61 bits per heavy atom. The van der Waals surface area contributed by atoms with E-state index in [9.17, 15) is 4.79 Å². The second kappa shape index (κ2) is 6.02. The third kappa shape index (κ3) is 3.11. The van der Waals surface area contributed by atoms with E-state index in [0.717, 1.165) is 9.37 Å². The molecule has 0 radical (unpaired) electrons. The molecule has 0 saturated carbocycles. The highest BCUT2D eigenvalue weighted by atomic mass is 79.9. The van der Waals surface area contributed by atoms with Crippen molar-refractivity contribution < 1.29 is 4.79 Å². The predicted octanol–water partition coefficient (Wildman–Crippen LogP) is 3.82. The molecule has 2 rings (SSSR count). The molecule has 0 aliphatic carbocycles. The fraction of sp³-hybridized carbons (Fsp3) is 0.0769. The molecule has 0 unspecified atom stereocenters. The molecule has 1 amide bonds. The van der Waals surface area contributed by atoms with Crippen LogP contribution in [0, 0.1) is 0 Å². The summed E-state index contributed by atoms with van der Waals surface area (Å²) in [4.78, 5) is 17.1. The number of pyridine rings is 1. The first kappa shape index (κ1) is 13.1. The lowest BCUT2D eigenvalue weighted by Crippen LogP contribution is -2.12. The summed E-state index contributed by atoms with van der Waals surface area (Å²) in [6, 6.07) is 9.24. The zero-order valence-corrected chi connectivity index (χ0v) is 12.1. The SMILES string of the molecule is CSc1ccc(C(=O)Nc2ccncc2Br)cc1. The van der Waals surface area contributed by atoms with Crippen molar-refractivity contribution in [2.24, 2.45) is 0 Å². The fourth-order valence-electron chi connectivity index (χ4n) is 1.41. The molecule has 0 aliphatic rings. The minimum Gasteiger partial charge on any atom is -0.321 e. The minimum atomic E-state index is -0.130. The van der Waals surface area contributed by atoms with E-state index in [4.69, 9.17) is 0 Å². The molecule has 1 aromatic heterocycles. The highest BCUT2D eigenvalue weighted by molar-refractivity contribution is 9.10. The zero-order chi connectivity index (χ0) is 13.0. The Balaban J connectivity index is 2.14. The van der Waals surface area contributed by atoms with Crippen molar-refractivity contribution in [2.75, 3.05) is 11.6 Å². The largest absolute Gasteiger partial charge is 0.321 e. The number of benzene rings is 1. The molecule has 1 heterocycles. The van der Waals surface area contributed by atoms with Crippen molar-refractivity contribution in [1.29, 1.82) is 0 Å². The first-order valence-electron chi connectivity index (χ1n) is 5.25. The number of nitrogens with zero attached hydrogens (tertiary/aromatic N) is 1. The normalized spacial score (nSPS) is 10.1. The zero-order valence-electron chi connectivity index (χ0n) is 9.68. The molecule has 0 aliphatic heterocycles. The molecule has 0 bridgehead atoms. The van der Waals surface area contributed by atoms with Gasteiger partial charge < -0.3 is 5.32 Å². The van der Waals surface area contributed by atoms with Crippen LogP contribution in [-0.4, -0.2) is 17.1 Å². The maximum atomic E-state index is 12.0. The number of nitrogens with one attached hydrogen (secondary N) is 1. The molecule has 0 atom stereocenters. The summed E-state index contributed by atoms with van der Waals surface area (Å²) in [5, 5.41) is 2.83. The van der Waals surface area contributed by atoms with Crippen molar-refractivity contribution >= 4 is 39.3 Å². The number of aromatic nitrogens is 1. The van der Waals surface area contributed by atoms with Gasteiger partial charge in [-0.2, -0.15) is 0 Å². The third-order valence-corrected chi connectivity index (χ3v) is 3.75. The number of hydrogen-bond acceptors (Lipinski definition) is 3. The summed E-state index contributed by atoms with van der Waals surface area (Å²) in [5.41, 5.74) is 1.35. The van der Waals surface area contributed by atoms with Crippen LogP contribution in [0.5, 0.6) is 0 Å². The van der Waals surface area contributed by atoms with E-state index in [0.29, 0.717) is 11.3 Å². The monoisotopic (exact) mass is 322 g/mol. The Labute approximate surface area is 118 Å². The Kier molecular flexibility index (Phi) is 4.38. The highest BCUT2D eigenvalue weighted by Gasteiger charge is 2.07. The first-order chi connectivity index (χ1) is 8.70. The number of anilines is 1. The van der Waals surface area contributed by atoms with E-state index in [1.807, 2.05) is 30.5 Å². The van der Waals surface area contributed by atoms with Gasteiger partial charge in [-0.05, 0) is 52.5 Å². The highest BCUT2D eigenvalue weighted by Crippen LogP contribution is 2.21. The van der Waals surface area contributed by atoms with Crippen molar-refractivity contribution in [3.8, 4) is 0 Å². The van der Waals surface area contributed by atoms with E-state index in [2.05, 4.69) is 26.2 Å². The number of carbonyl (C=O) groups is 1. The molecule has 1 N–H and O–H groups in total. The van der Waals surface area contributed by atoms with Crippen LogP contribution in [0.3, 0.4) is 0 Å². The number of amides is 1. The molecule has 5 heteroatoms. The van der Waals surface area contributed by atoms with E-state index in [-0.39, 0.29) is 5.91 Å². The van der Waals surface area contributed by atoms with Crippen LogP contribution in [0.15, 0.2) is 52.1 Å². The summed E-state index contributed by atoms with van der Waals surface area (Å²) >= 11 is 4.99. The molecule has 0 fully saturated rings. The molecule has 0 saturated heterocycles. The third-order valence-electron chi connectivity index (χ3n) is 2.37. The smallest absolute Gasteiger partial charge is 0.255 e. The predicted molar refractivity (Wildman–Crippen MR) is 78.1 cm³/mol. The van der Waals surface area contributed by atoms with Gasteiger partial charge in [-0.15, -0.1) is 11.8 Å². The van der Waals surface area contributed by atoms with Gasteiger partial charge in [0, 0.05) is 22.9 Å². The standard InChI is InChI=1S/C13H11BrN2OS/c1-18-10-4-2-9(3-5-10)13(17)16-12-6-7-15-8-11(12)14/h2-8H,1H3,(H,15,16,17). The Bertz CT molecular complexity index is 557. The van der Waals surface area contributed by atoms with Gasteiger partial charge in [-0.25, -0.2) is 0 Å². The lowest BCUT2D eigenvalue weighted by atomic mass is 10.2. The number of carbonyl (C=O) groups excluding carboxylic acids is 1. The van der Waals surface area contributed by atoms with Crippen LogP contribution in [0.1, 0.15) is 10.4 Å². The number of hydrogen-bond donors (Lipinski definition) is 1. The van der Waals surface area contributed by atoms with Crippen LogP contribution in [0.25, 0.3) is 0 Å². The second-order valence-corrected chi connectivity index (χ2v) is 5.27. The summed E-state index contributed by atoms with van der Waals surface area (Å²) in [5.74, 6) is -0.130. The van der Waals surface area contributed by atoms with Crippen molar-refractivity contribution in [3.63, 3.8) is 0 Å². The molecule has 92 valence electrons. The summed E-state index contributed by atoms with van der Waals surface area (Å²) in [7, 11) is 0. The van der Waals surface area contributed by atoms with E-state index >= 15 is 0 Å². The second-order valence-electron chi connectivity index (χ2n) is 3.54. The van der Waals surface area contributed by atoms with Crippen molar-refractivity contribution in [3.05, 3.63) is 52.8 Å². The van der Waals surface area contributed by atoms with E-state index in [1.165, 1.54) is 0 Å².